The van der Waals surface area contributed by atoms with Crippen LogP contribution in [0.3, 0.4) is 0 Å². The van der Waals surface area contributed by atoms with Crippen LogP contribution in [0.1, 0.15) is 82.4 Å². The van der Waals surface area contributed by atoms with Crippen molar-refractivity contribution in [2.75, 3.05) is 16.8 Å². The van der Waals surface area contributed by atoms with Crippen molar-refractivity contribution in [2.24, 2.45) is 0 Å². The number of anilines is 2. The van der Waals surface area contributed by atoms with Crippen molar-refractivity contribution in [3.63, 3.8) is 0 Å². The Hall–Kier alpha value is -4.47. The van der Waals surface area contributed by atoms with Gasteiger partial charge >= 0.3 is 12.1 Å². The molecule has 5 rings (SSSR count). The lowest BCUT2D eigenvalue weighted by molar-refractivity contribution is -0.143. The summed E-state index contributed by atoms with van der Waals surface area (Å²) in [6.07, 6.45) is 7.25. The number of rotatable bonds is 10. The fourth-order valence-electron chi connectivity index (χ4n) is 5.47. The molecule has 232 valence electrons. The molecule has 0 radical (unpaired) electrons. The molecule has 44 heavy (non-hydrogen) atoms. The molecule has 0 spiro atoms. The highest BCUT2D eigenvalue weighted by molar-refractivity contribution is 5.90. The van der Waals surface area contributed by atoms with E-state index in [9.17, 15) is 9.59 Å². The normalized spacial score (nSPS) is 13.9. The number of nitrogens with zero attached hydrogens (tertiary/aromatic N) is 5. The van der Waals surface area contributed by atoms with Crippen LogP contribution in [-0.2, 0) is 33.9 Å². The van der Waals surface area contributed by atoms with Gasteiger partial charge in [0.1, 0.15) is 12.1 Å². The summed E-state index contributed by atoms with van der Waals surface area (Å²) in [7, 11) is 0. The summed E-state index contributed by atoms with van der Waals surface area (Å²) in [5.41, 5.74) is 3.47. The molecule has 2 aromatic carbocycles. The van der Waals surface area contributed by atoms with Crippen LogP contribution in [-0.4, -0.2) is 43.8 Å². The van der Waals surface area contributed by atoms with E-state index in [0.717, 1.165) is 11.1 Å². The van der Waals surface area contributed by atoms with E-state index < -0.39 is 17.7 Å². The molecular formula is C34H42N6O4. The number of amides is 1. The first-order chi connectivity index (χ1) is 21.2. The smallest absolute Gasteiger partial charge is 0.417 e. The first kappa shape index (κ1) is 31.0. The fraction of sp³-hybridized carbons (Fsp3) is 0.441. The lowest BCUT2D eigenvalue weighted by Crippen LogP contribution is -2.37. The van der Waals surface area contributed by atoms with Gasteiger partial charge < -0.3 is 19.4 Å². The van der Waals surface area contributed by atoms with Crippen LogP contribution < -0.4 is 10.2 Å². The highest BCUT2D eigenvalue weighted by Gasteiger charge is 2.28. The number of nitrogens with one attached hydrogen (secondary N) is 1. The molecule has 0 unspecified atom stereocenters. The van der Waals surface area contributed by atoms with Crippen molar-refractivity contribution in [1.29, 1.82) is 0 Å². The minimum Gasteiger partial charge on any atom is -0.465 e. The monoisotopic (exact) mass is 598 g/mol. The average molecular weight is 599 g/mol. The van der Waals surface area contributed by atoms with Gasteiger partial charge in [0.15, 0.2) is 17.0 Å². The van der Waals surface area contributed by atoms with Gasteiger partial charge in [-0.3, -0.25) is 4.79 Å². The van der Waals surface area contributed by atoms with Crippen LogP contribution in [0.15, 0.2) is 60.9 Å². The van der Waals surface area contributed by atoms with E-state index in [1.165, 1.54) is 48.9 Å². The summed E-state index contributed by atoms with van der Waals surface area (Å²) in [5, 5.41) is 3.36. The largest absolute Gasteiger partial charge is 0.465 e. The second-order valence-electron chi connectivity index (χ2n) is 12.2. The van der Waals surface area contributed by atoms with Gasteiger partial charge in [-0.15, -0.1) is 0 Å². The quantitative estimate of drug-likeness (QED) is 0.194. The standard InChI is InChI=1S/C34H42N6O4/c1-5-43-28(41)22-39-23-36-29-30(35-20-24-12-8-6-9-13-24)37-32(38-31(29)39)40(33(42)44-34(2,3)4)21-25-16-18-27(19-17-25)26-14-10-7-11-15-26/h6,8-9,12-13,16-19,23,26H,5,7,10-11,14-15,20-22H2,1-4H3,(H,35,37,38). The molecule has 0 bridgehead atoms. The minimum absolute atomic E-state index is 0.0754. The Labute approximate surface area is 258 Å². The first-order valence-corrected chi connectivity index (χ1v) is 15.5. The van der Waals surface area contributed by atoms with E-state index >= 15 is 0 Å². The maximum atomic E-state index is 13.7. The van der Waals surface area contributed by atoms with E-state index in [-0.39, 0.29) is 25.6 Å². The van der Waals surface area contributed by atoms with Crippen LogP contribution in [0.25, 0.3) is 11.2 Å². The van der Waals surface area contributed by atoms with Crippen LogP contribution in [0.2, 0.25) is 0 Å². The maximum Gasteiger partial charge on any atom is 0.417 e. The van der Waals surface area contributed by atoms with Gasteiger partial charge in [-0.25, -0.2) is 14.7 Å². The summed E-state index contributed by atoms with van der Waals surface area (Å²) >= 11 is 0. The number of hydrogen-bond donors (Lipinski definition) is 1. The molecule has 4 aromatic rings. The number of carbonyl (C=O) groups excluding carboxylic acids is 2. The van der Waals surface area contributed by atoms with Gasteiger partial charge in [-0.2, -0.15) is 9.97 Å². The van der Waals surface area contributed by atoms with E-state index in [1.54, 1.807) is 11.5 Å². The zero-order chi connectivity index (χ0) is 31.1. The molecule has 1 amide bonds. The Morgan fingerprint density at radius 3 is 2.39 bits per heavy atom. The van der Waals surface area contributed by atoms with Crippen molar-refractivity contribution >= 4 is 35.0 Å². The minimum atomic E-state index is -0.732. The van der Waals surface area contributed by atoms with Gasteiger partial charge in [0.2, 0.25) is 5.95 Å². The molecule has 0 aliphatic heterocycles. The van der Waals surface area contributed by atoms with Crippen LogP contribution in [0.4, 0.5) is 16.6 Å². The highest BCUT2D eigenvalue weighted by Crippen LogP contribution is 2.33. The Morgan fingerprint density at radius 2 is 1.70 bits per heavy atom. The molecule has 2 aromatic heterocycles. The van der Waals surface area contributed by atoms with Crippen molar-refractivity contribution in [3.8, 4) is 0 Å². The molecule has 1 aliphatic carbocycles. The summed E-state index contributed by atoms with van der Waals surface area (Å²) in [6, 6.07) is 18.4. The molecule has 1 aliphatic rings. The lowest BCUT2D eigenvalue weighted by atomic mass is 9.84. The van der Waals surface area contributed by atoms with Gasteiger partial charge in [0, 0.05) is 6.54 Å². The topological polar surface area (TPSA) is 111 Å². The summed E-state index contributed by atoms with van der Waals surface area (Å²) in [4.78, 5) is 41.6. The molecule has 1 saturated carbocycles. The summed E-state index contributed by atoms with van der Waals surface area (Å²) < 4.78 is 12.6. The maximum absolute atomic E-state index is 13.7. The Bertz CT molecular complexity index is 1560. The second kappa shape index (κ2) is 13.9. The number of carbonyl (C=O) groups is 2. The van der Waals surface area contributed by atoms with Crippen molar-refractivity contribution in [3.05, 3.63) is 77.6 Å². The molecule has 10 nitrogen and oxygen atoms in total. The molecule has 1 fully saturated rings. The van der Waals surface area contributed by atoms with Gasteiger partial charge in [0.05, 0.1) is 19.5 Å². The van der Waals surface area contributed by atoms with E-state index in [1.807, 2.05) is 51.1 Å². The predicted octanol–water partition coefficient (Wildman–Crippen LogP) is 6.99. The Balaban J connectivity index is 1.52. The van der Waals surface area contributed by atoms with Crippen molar-refractivity contribution in [1.82, 2.24) is 19.5 Å². The molecular weight excluding hydrogens is 556 g/mol. The number of fused-ring (bicyclic) bond motifs is 1. The van der Waals surface area contributed by atoms with Gasteiger partial charge in [-0.1, -0.05) is 73.9 Å². The number of aromatic nitrogens is 4. The van der Waals surface area contributed by atoms with E-state index in [4.69, 9.17) is 19.4 Å². The zero-order valence-electron chi connectivity index (χ0n) is 26.1. The van der Waals surface area contributed by atoms with Crippen LogP contribution >= 0.6 is 0 Å². The van der Waals surface area contributed by atoms with Crippen LogP contribution in [0, 0.1) is 0 Å². The molecule has 0 atom stereocenters. The molecule has 2 heterocycles. The molecule has 0 saturated heterocycles. The van der Waals surface area contributed by atoms with Crippen LogP contribution in [0.5, 0.6) is 0 Å². The number of ether oxygens (including phenoxy) is 2. The van der Waals surface area contributed by atoms with E-state index in [0.29, 0.717) is 29.4 Å². The summed E-state index contributed by atoms with van der Waals surface area (Å²) in [5.74, 6) is 0.762. The lowest BCUT2D eigenvalue weighted by Gasteiger charge is -2.27. The first-order valence-electron chi connectivity index (χ1n) is 15.5. The Morgan fingerprint density at radius 1 is 0.977 bits per heavy atom. The second-order valence-corrected chi connectivity index (χ2v) is 12.2. The number of hydrogen-bond acceptors (Lipinski definition) is 8. The van der Waals surface area contributed by atoms with Crippen molar-refractivity contribution in [2.45, 2.75) is 91.0 Å². The number of esters is 1. The SMILES string of the molecule is CCOC(=O)Cn1cnc2c(NCc3ccccc3)nc(N(Cc3ccc(C4CCCCC4)cc3)C(=O)OC(C)(C)C)nc21. The zero-order valence-corrected chi connectivity index (χ0v) is 26.1. The molecule has 1 N–H and O–H groups in total. The number of benzene rings is 2. The van der Waals surface area contributed by atoms with E-state index in [2.05, 4.69) is 34.6 Å². The third-order valence-electron chi connectivity index (χ3n) is 7.61. The Kier molecular flexibility index (Phi) is 9.77. The van der Waals surface area contributed by atoms with Crippen molar-refractivity contribution < 1.29 is 19.1 Å². The predicted molar refractivity (Wildman–Crippen MR) is 170 cm³/mol. The highest BCUT2D eigenvalue weighted by atomic mass is 16.6. The number of imidazole rings is 1. The molecule has 10 heteroatoms. The third kappa shape index (κ3) is 7.92. The third-order valence-corrected chi connectivity index (χ3v) is 7.61. The van der Waals surface area contributed by atoms with Gasteiger partial charge in [0.25, 0.3) is 0 Å². The fourth-order valence-corrected chi connectivity index (χ4v) is 5.47. The average Bonchev–Trinajstić information content (AvgIpc) is 3.41. The summed E-state index contributed by atoms with van der Waals surface area (Å²) in [6.45, 7) is 8.11. The van der Waals surface area contributed by atoms with Gasteiger partial charge in [-0.05, 0) is 63.1 Å².